The predicted octanol–water partition coefficient (Wildman–Crippen LogP) is 11.1. The standard InChI is InChI=1S/C42H31N3O2/c46-37-20-10-18-33(26-37)43(30-12-4-1-5-13-30)35-22-24-41-39(28-35)40-29-36(23-25-42(40)45(41)32-16-8-3-9-17-32)44(31-14-6-2-7-15-31)34-19-11-21-38(47)27-34/h1-29,46-47H. The number of aromatic hydroxyl groups is 2. The average Bonchev–Trinajstić information content (AvgIpc) is 3.43. The Hall–Kier alpha value is -6.46. The summed E-state index contributed by atoms with van der Waals surface area (Å²) in [7, 11) is 0. The highest BCUT2D eigenvalue weighted by Crippen LogP contribution is 2.43. The lowest BCUT2D eigenvalue weighted by Gasteiger charge is -2.26. The van der Waals surface area contributed by atoms with Crippen LogP contribution in [0.5, 0.6) is 11.5 Å². The summed E-state index contributed by atoms with van der Waals surface area (Å²) in [5, 5.41) is 23.1. The maximum Gasteiger partial charge on any atom is 0.117 e. The third-order valence-corrected chi connectivity index (χ3v) is 8.47. The van der Waals surface area contributed by atoms with Gasteiger partial charge in [-0.25, -0.2) is 0 Å². The molecule has 0 saturated heterocycles. The van der Waals surface area contributed by atoms with Gasteiger partial charge in [0.05, 0.1) is 11.0 Å². The van der Waals surface area contributed by atoms with Crippen LogP contribution in [0.3, 0.4) is 0 Å². The van der Waals surface area contributed by atoms with Gasteiger partial charge in [-0.3, -0.25) is 0 Å². The van der Waals surface area contributed by atoms with Gasteiger partial charge in [0.2, 0.25) is 0 Å². The van der Waals surface area contributed by atoms with Gasteiger partial charge in [-0.15, -0.1) is 0 Å². The van der Waals surface area contributed by atoms with Crippen LogP contribution in [-0.2, 0) is 0 Å². The van der Waals surface area contributed by atoms with Gasteiger partial charge < -0.3 is 24.6 Å². The van der Waals surface area contributed by atoms with E-state index in [2.05, 4.69) is 99.3 Å². The maximum absolute atomic E-state index is 10.4. The molecule has 2 N–H and O–H groups in total. The summed E-state index contributed by atoms with van der Waals surface area (Å²) in [5.74, 6) is 0.422. The minimum Gasteiger partial charge on any atom is -0.508 e. The molecule has 0 spiro atoms. The molecule has 8 aromatic rings. The Morgan fingerprint density at radius 1 is 0.340 bits per heavy atom. The predicted molar refractivity (Wildman–Crippen MR) is 193 cm³/mol. The van der Waals surface area contributed by atoms with E-state index in [-0.39, 0.29) is 11.5 Å². The SMILES string of the molecule is Oc1cccc(N(c2ccccc2)c2ccc3c(c2)c2cc(N(c4ccccc4)c4cccc(O)c4)ccc2n3-c2ccccc2)c1. The van der Waals surface area contributed by atoms with Crippen molar-refractivity contribution in [3.05, 3.63) is 176 Å². The first-order chi connectivity index (χ1) is 23.1. The zero-order valence-corrected chi connectivity index (χ0v) is 25.5. The highest BCUT2D eigenvalue weighted by Gasteiger charge is 2.20. The Labute approximate surface area is 273 Å². The summed E-state index contributed by atoms with van der Waals surface area (Å²) in [6.45, 7) is 0. The fraction of sp³-hybridized carbons (Fsp3) is 0. The Morgan fingerprint density at radius 3 is 1.15 bits per heavy atom. The van der Waals surface area contributed by atoms with Gasteiger partial charge in [0.1, 0.15) is 11.5 Å². The number of nitrogens with zero attached hydrogens (tertiary/aromatic N) is 3. The molecular weight excluding hydrogens is 578 g/mol. The van der Waals surface area contributed by atoms with Gasteiger partial charge in [-0.1, -0.05) is 66.7 Å². The number of fused-ring (bicyclic) bond motifs is 3. The number of phenolic OH excluding ortho intramolecular Hbond substituents is 2. The second-order valence-electron chi connectivity index (χ2n) is 11.5. The minimum atomic E-state index is 0.211. The van der Waals surface area contributed by atoms with Crippen LogP contribution >= 0.6 is 0 Å². The first-order valence-electron chi connectivity index (χ1n) is 15.6. The summed E-state index contributed by atoms with van der Waals surface area (Å²) >= 11 is 0. The Bertz CT molecular complexity index is 2190. The van der Waals surface area contributed by atoms with E-state index in [1.54, 1.807) is 24.3 Å². The molecule has 0 amide bonds. The molecule has 8 rings (SSSR count). The van der Waals surface area contributed by atoms with Crippen LogP contribution in [0.4, 0.5) is 34.1 Å². The molecule has 5 heteroatoms. The second kappa shape index (κ2) is 11.8. The highest BCUT2D eigenvalue weighted by atomic mass is 16.3. The van der Waals surface area contributed by atoms with Gasteiger partial charge in [-0.2, -0.15) is 0 Å². The van der Waals surface area contributed by atoms with Crippen LogP contribution in [0.15, 0.2) is 176 Å². The molecule has 0 saturated carbocycles. The summed E-state index contributed by atoms with van der Waals surface area (Å²) in [5.41, 5.74) is 8.89. The molecule has 0 unspecified atom stereocenters. The molecule has 1 aromatic heterocycles. The third kappa shape index (κ3) is 5.20. The van der Waals surface area contributed by atoms with Crippen LogP contribution in [0.2, 0.25) is 0 Å². The zero-order valence-electron chi connectivity index (χ0n) is 25.5. The monoisotopic (exact) mass is 609 g/mol. The van der Waals surface area contributed by atoms with E-state index < -0.39 is 0 Å². The number of rotatable bonds is 7. The fourth-order valence-electron chi connectivity index (χ4n) is 6.45. The van der Waals surface area contributed by atoms with Gasteiger partial charge in [-0.05, 0) is 97.1 Å². The molecule has 0 bridgehead atoms. The van der Waals surface area contributed by atoms with Gasteiger partial charge >= 0.3 is 0 Å². The Kier molecular flexibility index (Phi) is 7.04. The highest BCUT2D eigenvalue weighted by molar-refractivity contribution is 6.12. The van der Waals surface area contributed by atoms with E-state index in [1.165, 1.54) is 0 Å². The van der Waals surface area contributed by atoms with Crippen LogP contribution in [0, 0.1) is 0 Å². The van der Waals surface area contributed by atoms with Crippen LogP contribution in [0.25, 0.3) is 27.5 Å². The molecule has 0 atom stereocenters. The molecule has 0 radical (unpaired) electrons. The zero-order chi connectivity index (χ0) is 31.7. The first kappa shape index (κ1) is 28.0. The van der Waals surface area contributed by atoms with Gasteiger partial charge in [0, 0.05) is 62.7 Å². The Balaban J connectivity index is 1.39. The molecule has 7 aromatic carbocycles. The normalized spacial score (nSPS) is 11.1. The van der Waals surface area contributed by atoms with E-state index >= 15 is 0 Å². The summed E-state index contributed by atoms with van der Waals surface area (Å²) in [6, 6.07) is 58.7. The third-order valence-electron chi connectivity index (χ3n) is 8.47. The molecule has 5 nitrogen and oxygen atoms in total. The number of hydrogen-bond donors (Lipinski definition) is 2. The molecule has 0 fully saturated rings. The van der Waals surface area contributed by atoms with E-state index in [1.807, 2.05) is 66.7 Å². The van der Waals surface area contributed by atoms with Gasteiger partial charge in [0.15, 0.2) is 0 Å². The number of para-hydroxylation sites is 3. The molecule has 0 aliphatic carbocycles. The van der Waals surface area contributed by atoms with Crippen molar-refractivity contribution in [1.82, 2.24) is 4.57 Å². The molecule has 0 aliphatic heterocycles. The number of hydrogen-bond acceptors (Lipinski definition) is 4. The number of phenols is 2. The first-order valence-corrected chi connectivity index (χ1v) is 15.6. The smallest absolute Gasteiger partial charge is 0.117 e. The van der Waals surface area contributed by atoms with Crippen LogP contribution in [-0.4, -0.2) is 14.8 Å². The van der Waals surface area contributed by atoms with E-state index in [0.717, 1.165) is 61.6 Å². The molecule has 47 heavy (non-hydrogen) atoms. The van der Waals surface area contributed by atoms with Crippen molar-refractivity contribution in [2.45, 2.75) is 0 Å². The molecule has 1 heterocycles. The summed E-state index contributed by atoms with van der Waals surface area (Å²) in [4.78, 5) is 4.33. The van der Waals surface area contributed by atoms with Crippen LogP contribution in [0.1, 0.15) is 0 Å². The van der Waals surface area contributed by atoms with E-state index in [0.29, 0.717) is 0 Å². The minimum absolute atomic E-state index is 0.211. The van der Waals surface area contributed by atoms with Crippen molar-refractivity contribution < 1.29 is 10.2 Å². The van der Waals surface area contributed by atoms with Crippen molar-refractivity contribution in [3.63, 3.8) is 0 Å². The quantitative estimate of drug-likeness (QED) is 0.189. The van der Waals surface area contributed by atoms with Crippen molar-refractivity contribution in [2.75, 3.05) is 9.80 Å². The maximum atomic E-state index is 10.4. The van der Waals surface area contributed by atoms with E-state index in [4.69, 9.17) is 0 Å². The Morgan fingerprint density at radius 2 is 0.723 bits per heavy atom. The van der Waals surface area contributed by atoms with Gasteiger partial charge in [0.25, 0.3) is 0 Å². The van der Waals surface area contributed by atoms with Crippen molar-refractivity contribution in [3.8, 4) is 17.2 Å². The lowest BCUT2D eigenvalue weighted by Crippen LogP contribution is -2.09. The lowest BCUT2D eigenvalue weighted by atomic mass is 10.1. The van der Waals surface area contributed by atoms with Crippen molar-refractivity contribution >= 4 is 55.9 Å². The summed E-state index contributed by atoms with van der Waals surface area (Å²) in [6.07, 6.45) is 0. The van der Waals surface area contributed by atoms with Crippen molar-refractivity contribution in [1.29, 1.82) is 0 Å². The number of anilines is 6. The molecule has 0 aliphatic rings. The topological polar surface area (TPSA) is 51.9 Å². The molecular formula is C42H31N3O2. The second-order valence-corrected chi connectivity index (χ2v) is 11.5. The summed E-state index contributed by atoms with van der Waals surface area (Å²) < 4.78 is 2.31. The largest absolute Gasteiger partial charge is 0.508 e. The van der Waals surface area contributed by atoms with E-state index in [9.17, 15) is 10.2 Å². The average molecular weight is 610 g/mol. The number of benzene rings is 7. The fourth-order valence-corrected chi connectivity index (χ4v) is 6.45. The van der Waals surface area contributed by atoms with Crippen molar-refractivity contribution in [2.24, 2.45) is 0 Å². The lowest BCUT2D eigenvalue weighted by molar-refractivity contribution is 0.475. The molecule has 226 valence electrons. The van der Waals surface area contributed by atoms with Crippen LogP contribution < -0.4 is 9.80 Å². The number of aromatic nitrogens is 1.